The number of thiazole rings is 1. The smallest absolute Gasteiger partial charge is 0.319 e. The van der Waals surface area contributed by atoms with E-state index in [4.69, 9.17) is 5.11 Å². The summed E-state index contributed by atoms with van der Waals surface area (Å²) in [7, 11) is -1.42. The standard InChI is InChI=1S/C12H13NO3S2/c1-2-10(12(14)15)18(16)7-11-13-8-5-3-4-6-9(8)17-11/h3-6,10H,2,7H2,1H3,(H,14,15). The van der Waals surface area contributed by atoms with Gasteiger partial charge in [0.1, 0.15) is 10.3 Å². The van der Waals surface area contributed by atoms with Crippen molar-refractivity contribution in [1.29, 1.82) is 0 Å². The summed E-state index contributed by atoms with van der Waals surface area (Å²) in [6.45, 7) is 1.73. The molecular weight excluding hydrogens is 270 g/mol. The van der Waals surface area contributed by atoms with E-state index in [9.17, 15) is 9.00 Å². The lowest BCUT2D eigenvalue weighted by Crippen LogP contribution is -2.25. The summed E-state index contributed by atoms with van der Waals surface area (Å²) in [5.74, 6) is -0.790. The molecule has 0 saturated carbocycles. The molecule has 0 saturated heterocycles. The van der Waals surface area contributed by atoms with Crippen molar-refractivity contribution in [3.63, 3.8) is 0 Å². The van der Waals surface area contributed by atoms with Gasteiger partial charge in [0.2, 0.25) is 0 Å². The first-order valence-corrected chi connectivity index (χ1v) is 7.76. The fraction of sp³-hybridized carbons (Fsp3) is 0.333. The number of hydrogen-bond acceptors (Lipinski definition) is 4. The Kier molecular flexibility index (Phi) is 4.08. The number of hydrogen-bond donors (Lipinski definition) is 1. The highest BCUT2D eigenvalue weighted by Gasteiger charge is 2.23. The van der Waals surface area contributed by atoms with Crippen LogP contribution in [0.25, 0.3) is 10.2 Å². The molecular formula is C12H13NO3S2. The van der Waals surface area contributed by atoms with Crippen LogP contribution in [0.5, 0.6) is 0 Å². The van der Waals surface area contributed by atoms with Crippen LogP contribution in [0.3, 0.4) is 0 Å². The number of rotatable bonds is 5. The highest BCUT2D eigenvalue weighted by atomic mass is 32.2. The van der Waals surface area contributed by atoms with Gasteiger partial charge in [-0.15, -0.1) is 11.3 Å². The molecule has 4 nitrogen and oxygen atoms in total. The van der Waals surface area contributed by atoms with Crippen molar-refractivity contribution in [3.05, 3.63) is 29.3 Å². The zero-order valence-electron chi connectivity index (χ0n) is 9.83. The fourth-order valence-electron chi connectivity index (χ4n) is 1.68. The summed E-state index contributed by atoms with van der Waals surface area (Å²) in [6.07, 6.45) is 0.368. The van der Waals surface area contributed by atoms with Gasteiger partial charge in [-0.1, -0.05) is 19.1 Å². The van der Waals surface area contributed by atoms with Crippen molar-refractivity contribution in [1.82, 2.24) is 4.98 Å². The van der Waals surface area contributed by atoms with Crippen molar-refractivity contribution in [2.75, 3.05) is 0 Å². The molecule has 18 heavy (non-hydrogen) atoms. The Morgan fingerprint density at radius 1 is 1.50 bits per heavy atom. The zero-order valence-corrected chi connectivity index (χ0v) is 11.5. The first kappa shape index (κ1) is 13.2. The molecule has 0 fully saturated rings. The van der Waals surface area contributed by atoms with Crippen LogP contribution in [0, 0.1) is 0 Å². The Balaban J connectivity index is 2.18. The Labute approximate surface area is 111 Å². The molecule has 2 aromatic rings. The second kappa shape index (κ2) is 5.58. The molecule has 96 valence electrons. The molecule has 1 N–H and O–H groups in total. The lowest BCUT2D eigenvalue weighted by atomic mass is 10.3. The van der Waals surface area contributed by atoms with E-state index in [0.29, 0.717) is 6.42 Å². The van der Waals surface area contributed by atoms with Crippen molar-refractivity contribution in [2.45, 2.75) is 24.3 Å². The summed E-state index contributed by atoms with van der Waals surface area (Å²) >= 11 is 1.47. The van der Waals surface area contributed by atoms with E-state index in [1.165, 1.54) is 11.3 Å². The maximum atomic E-state index is 12.0. The number of benzene rings is 1. The number of carboxylic acid groups (broad SMARTS) is 1. The van der Waals surface area contributed by atoms with Gasteiger partial charge in [-0.2, -0.15) is 0 Å². The summed E-state index contributed by atoms with van der Waals surface area (Å²) in [5.41, 5.74) is 0.873. The Bertz CT molecular complexity index is 561. The number of carbonyl (C=O) groups is 1. The number of carboxylic acids is 1. The molecule has 2 rings (SSSR count). The van der Waals surface area contributed by atoms with E-state index in [1.54, 1.807) is 6.92 Å². The second-order valence-electron chi connectivity index (χ2n) is 3.84. The van der Waals surface area contributed by atoms with Gasteiger partial charge in [0.05, 0.1) is 16.0 Å². The molecule has 0 spiro atoms. The number of aromatic nitrogens is 1. The van der Waals surface area contributed by atoms with E-state index in [1.807, 2.05) is 24.3 Å². The van der Waals surface area contributed by atoms with Gasteiger partial charge in [0, 0.05) is 10.8 Å². The Morgan fingerprint density at radius 2 is 2.22 bits per heavy atom. The van der Waals surface area contributed by atoms with Gasteiger partial charge in [0.25, 0.3) is 0 Å². The van der Waals surface area contributed by atoms with Crippen LogP contribution in [-0.4, -0.2) is 25.5 Å². The van der Waals surface area contributed by atoms with E-state index in [2.05, 4.69) is 4.98 Å². The Morgan fingerprint density at radius 3 is 2.83 bits per heavy atom. The molecule has 0 radical (unpaired) electrons. The largest absolute Gasteiger partial charge is 0.480 e. The number of nitrogens with zero attached hydrogens (tertiary/aromatic N) is 1. The van der Waals surface area contributed by atoms with Crippen LogP contribution in [0.2, 0.25) is 0 Å². The van der Waals surface area contributed by atoms with E-state index < -0.39 is 22.0 Å². The molecule has 0 aliphatic carbocycles. The minimum absolute atomic E-state index is 0.212. The van der Waals surface area contributed by atoms with Crippen molar-refractivity contribution < 1.29 is 14.1 Å². The zero-order chi connectivity index (χ0) is 13.1. The number of aliphatic carboxylic acids is 1. The molecule has 1 aromatic carbocycles. The summed E-state index contributed by atoms with van der Waals surface area (Å²) in [5, 5.41) is 8.87. The van der Waals surface area contributed by atoms with Crippen LogP contribution < -0.4 is 0 Å². The summed E-state index contributed by atoms with van der Waals surface area (Å²) in [6, 6.07) is 7.67. The van der Waals surface area contributed by atoms with Crippen LogP contribution in [0.15, 0.2) is 24.3 Å². The molecule has 0 amide bonds. The predicted molar refractivity (Wildman–Crippen MR) is 73.2 cm³/mol. The third kappa shape index (κ3) is 2.76. The maximum Gasteiger partial charge on any atom is 0.319 e. The van der Waals surface area contributed by atoms with E-state index in [-0.39, 0.29) is 5.75 Å². The quantitative estimate of drug-likeness (QED) is 0.915. The van der Waals surface area contributed by atoms with E-state index >= 15 is 0 Å². The van der Waals surface area contributed by atoms with Crippen LogP contribution in [-0.2, 0) is 21.3 Å². The average Bonchev–Trinajstić information content (AvgIpc) is 2.71. The van der Waals surface area contributed by atoms with Gasteiger partial charge < -0.3 is 5.11 Å². The van der Waals surface area contributed by atoms with Crippen molar-refractivity contribution >= 4 is 38.3 Å². The fourth-order valence-corrected chi connectivity index (χ4v) is 4.13. The number of fused-ring (bicyclic) bond motifs is 1. The normalized spacial score (nSPS) is 14.5. The molecule has 0 bridgehead atoms. The molecule has 0 aliphatic rings. The molecule has 0 aliphatic heterocycles. The third-order valence-electron chi connectivity index (χ3n) is 2.57. The van der Waals surface area contributed by atoms with Crippen LogP contribution in [0.1, 0.15) is 18.4 Å². The molecule has 1 heterocycles. The minimum atomic E-state index is -1.42. The first-order valence-electron chi connectivity index (χ1n) is 5.56. The molecule has 6 heteroatoms. The van der Waals surface area contributed by atoms with Gasteiger partial charge >= 0.3 is 5.97 Å². The van der Waals surface area contributed by atoms with Crippen LogP contribution in [0.4, 0.5) is 0 Å². The SMILES string of the molecule is CCC(C(=O)O)S(=O)Cc1nc2ccccc2s1. The van der Waals surface area contributed by atoms with Crippen molar-refractivity contribution in [3.8, 4) is 0 Å². The number of para-hydroxylation sites is 1. The molecule has 1 aromatic heterocycles. The second-order valence-corrected chi connectivity index (χ2v) is 6.57. The van der Waals surface area contributed by atoms with Gasteiger partial charge in [0.15, 0.2) is 0 Å². The Hall–Kier alpha value is -1.27. The van der Waals surface area contributed by atoms with Gasteiger partial charge in [-0.05, 0) is 18.6 Å². The lowest BCUT2D eigenvalue weighted by Gasteiger charge is -2.07. The van der Waals surface area contributed by atoms with E-state index in [0.717, 1.165) is 15.2 Å². The monoisotopic (exact) mass is 283 g/mol. The summed E-state index contributed by atoms with van der Waals surface area (Å²) < 4.78 is 13.0. The van der Waals surface area contributed by atoms with Crippen LogP contribution >= 0.6 is 11.3 Å². The minimum Gasteiger partial charge on any atom is -0.480 e. The highest BCUT2D eigenvalue weighted by Crippen LogP contribution is 2.23. The first-order chi connectivity index (χ1) is 8.61. The maximum absolute atomic E-state index is 12.0. The predicted octanol–water partition coefficient (Wildman–Crippen LogP) is 2.41. The summed E-state index contributed by atoms with van der Waals surface area (Å²) in [4.78, 5) is 15.3. The van der Waals surface area contributed by atoms with Crippen molar-refractivity contribution in [2.24, 2.45) is 0 Å². The van der Waals surface area contributed by atoms with Gasteiger partial charge in [-0.3, -0.25) is 9.00 Å². The molecule has 2 unspecified atom stereocenters. The lowest BCUT2D eigenvalue weighted by molar-refractivity contribution is -0.136. The third-order valence-corrected chi connectivity index (χ3v) is 5.51. The molecule has 2 atom stereocenters. The average molecular weight is 283 g/mol. The topological polar surface area (TPSA) is 67.3 Å². The van der Waals surface area contributed by atoms with Gasteiger partial charge in [-0.25, -0.2) is 4.98 Å². The highest BCUT2D eigenvalue weighted by molar-refractivity contribution is 7.85.